The van der Waals surface area contributed by atoms with Crippen molar-refractivity contribution in [3.63, 3.8) is 0 Å². The fourth-order valence-electron chi connectivity index (χ4n) is 14.6. The quantitative estimate of drug-likeness (QED) is 0.0224. The lowest BCUT2D eigenvalue weighted by Crippen LogP contribution is -2.57. The van der Waals surface area contributed by atoms with Gasteiger partial charge in [-0.2, -0.15) is 86.1 Å². The van der Waals surface area contributed by atoms with Crippen LogP contribution in [0.1, 0.15) is 180 Å². The number of aliphatic hydroxyl groups is 4. The van der Waals surface area contributed by atoms with Crippen molar-refractivity contribution in [2.45, 2.75) is 231 Å². The lowest BCUT2D eigenvalue weighted by molar-refractivity contribution is -0.154. The van der Waals surface area contributed by atoms with Gasteiger partial charge in [-0.05, 0) is 142 Å². The zero-order chi connectivity index (χ0) is 93.8. The van der Waals surface area contributed by atoms with Crippen molar-refractivity contribution in [3.05, 3.63) is 195 Å². The number of halogens is 17. The van der Waals surface area contributed by atoms with Crippen LogP contribution in [0.25, 0.3) is 0 Å². The smallest absolute Gasteiger partial charge is 0.422 e. The summed E-state index contributed by atoms with van der Waals surface area (Å²) < 4.78 is 236. The van der Waals surface area contributed by atoms with Gasteiger partial charge in [-0.25, -0.2) is 43.7 Å². The molecule has 0 radical (unpaired) electrons. The summed E-state index contributed by atoms with van der Waals surface area (Å²) in [7, 11) is 0. The Morgan fingerprint density at radius 1 is 0.484 bits per heavy atom. The summed E-state index contributed by atoms with van der Waals surface area (Å²) in [5.74, 6) is -2.88. The molecule has 13 rings (SSSR count). The number of rotatable bonds is 26. The van der Waals surface area contributed by atoms with Gasteiger partial charge in [0.2, 0.25) is 29.6 Å². The van der Waals surface area contributed by atoms with Crippen LogP contribution in [0.15, 0.2) is 128 Å². The number of benzene rings is 2. The molecule has 0 bridgehead atoms. The molecule has 4 saturated carbocycles. The predicted octanol–water partition coefficient (Wildman–Crippen LogP) is 18.7. The first-order valence-corrected chi connectivity index (χ1v) is 40.6. The van der Waals surface area contributed by atoms with E-state index in [0.717, 1.165) is 31.2 Å². The van der Waals surface area contributed by atoms with Crippen LogP contribution in [-0.4, -0.2) is 137 Å². The number of anilines is 7. The molecule has 692 valence electrons. The van der Waals surface area contributed by atoms with Crippen molar-refractivity contribution >= 4 is 41.1 Å². The molecule has 2 aromatic carbocycles. The first-order valence-electron chi connectivity index (χ1n) is 40.6. The van der Waals surface area contributed by atoms with Crippen LogP contribution < -0.4 is 46.7 Å². The van der Waals surface area contributed by atoms with Gasteiger partial charge in [0.15, 0.2) is 6.61 Å². The predicted molar refractivity (Wildman–Crippen MR) is 440 cm³/mol. The van der Waals surface area contributed by atoms with E-state index in [2.05, 4.69) is 98.1 Å². The van der Waals surface area contributed by atoms with Gasteiger partial charge in [0.05, 0.1) is 29.6 Å². The zero-order valence-electron chi connectivity index (χ0n) is 70.9. The summed E-state index contributed by atoms with van der Waals surface area (Å²) in [5.41, 5.74) is -3.48. The fraction of sp³-hybridized carbons (Fsp3) is 0.488. The molecule has 4 fully saturated rings. The van der Waals surface area contributed by atoms with Crippen molar-refractivity contribution in [2.24, 2.45) is 22.2 Å². The molecule has 7 aromatic heterocycles. The van der Waals surface area contributed by atoms with Crippen LogP contribution in [0.4, 0.5) is 116 Å². The Hall–Kier alpha value is -11.5. The Morgan fingerprint density at radius 2 is 0.984 bits per heavy atom. The highest BCUT2D eigenvalue weighted by atomic mass is 19.4. The van der Waals surface area contributed by atoms with E-state index < -0.39 is 94.0 Å². The maximum atomic E-state index is 13.8. The number of alkyl halides is 17. The van der Waals surface area contributed by atoms with Crippen LogP contribution in [0.3, 0.4) is 0 Å². The van der Waals surface area contributed by atoms with E-state index in [1.54, 1.807) is 51.2 Å². The molecular weight excluding hydrogens is 1720 g/mol. The third-order valence-corrected chi connectivity index (χ3v) is 22.9. The molecule has 7 heterocycles. The van der Waals surface area contributed by atoms with Gasteiger partial charge in [-0.15, -0.1) is 0 Å². The first kappa shape index (κ1) is 98.7. The van der Waals surface area contributed by atoms with Crippen molar-refractivity contribution < 1.29 is 105 Å². The molecule has 42 heteroatoms. The number of nitriles is 1. The summed E-state index contributed by atoms with van der Waals surface area (Å²) in [6.07, 6.45) is -9.89. The molecule has 9 aromatic rings. The van der Waals surface area contributed by atoms with Crippen LogP contribution in [0.5, 0.6) is 17.5 Å². The highest BCUT2D eigenvalue weighted by Crippen LogP contribution is 2.50. The van der Waals surface area contributed by atoms with Gasteiger partial charge < -0.3 is 67.1 Å². The fourth-order valence-corrected chi connectivity index (χ4v) is 14.6. The Morgan fingerprint density at radius 3 is 1.51 bits per heavy atom. The lowest BCUT2D eigenvalue weighted by atomic mass is 9.59. The molecule has 6 atom stereocenters. The third-order valence-electron chi connectivity index (χ3n) is 22.9. The summed E-state index contributed by atoms with van der Waals surface area (Å²) in [5, 5.41) is 69.2. The van der Waals surface area contributed by atoms with Gasteiger partial charge in [0, 0.05) is 129 Å². The van der Waals surface area contributed by atoms with E-state index in [4.69, 9.17) is 9.47 Å². The molecule has 0 unspecified atom stereocenters. The van der Waals surface area contributed by atoms with E-state index in [1.165, 1.54) is 49.1 Å². The van der Waals surface area contributed by atoms with E-state index >= 15 is 0 Å². The summed E-state index contributed by atoms with van der Waals surface area (Å²) in [6.45, 7) is 14.1. The zero-order valence-corrected chi connectivity index (χ0v) is 70.9. The monoisotopic (exact) mass is 1820 g/mol. The van der Waals surface area contributed by atoms with E-state index in [-0.39, 0.29) is 144 Å². The van der Waals surface area contributed by atoms with Crippen molar-refractivity contribution in [3.8, 4) is 23.6 Å². The first-order chi connectivity index (χ1) is 59.8. The largest absolute Gasteiger partial charge is 0.468 e. The maximum absolute atomic E-state index is 13.8. The highest BCUT2D eigenvalue weighted by molar-refractivity contribution is 5.56. The van der Waals surface area contributed by atoms with E-state index in [0.29, 0.717) is 92.3 Å². The Labute approximate surface area is 725 Å². The number of aromatic nitrogens is 11. The minimum absolute atomic E-state index is 0.0314. The topological polar surface area (TPSA) is 349 Å². The van der Waals surface area contributed by atoms with Crippen molar-refractivity contribution in [1.82, 2.24) is 54.8 Å². The number of hydrogen-bond acceptors (Lipinski definition) is 25. The van der Waals surface area contributed by atoms with E-state index in [9.17, 15) is 100 Å². The molecule has 0 amide bonds. The van der Waals surface area contributed by atoms with Crippen LogP contribution in [0, 0.1) is 40.4 Å². The number of nitrogens with one attached hydrogen (secondary N) is 7. The normalized spacial score (nSPS) is 20.6. The second kappa shape index (κ2) is 40.5. The molecule has 128 heavy (non-hydrogen) atoms. The van der Waals surface area contributed by atoms with Crippen molar-refractivity contribution in [2.75, 3.05) is 50.4 Å². The molecule has 4 aliphatic carbocycles. The highest BCUT2D eigenvalue weighted by Gasteiger charge is 2.51. The summed E-state index contributed by atoms with van der Waals surface area (Å²) in [6, 6.07) is 21.5. The van der Waals surface area contributed by atoms with Crippen LogP contribution >= 0.6 is 0 Å². The van der Waals surface area contributed by atoms with Crippen LogP contribution in [0.2, 0.25) is 0 Å². The lowest BCUT2D eigenvalue weighted by Gasteiger charge is -2.52. The molecule has 4 aliphatic rings. The van der Waals surface area contributed by atoms with Gasteiger partial charge in [-0.1, -0.05) is 89.6 Å². The molecule has 0 spiro atoms. The Kier molecular flexibility index (Phi) is 31.2. The van der Waals surface area contributed by atoms with Gasteiger partial charge >= 0.3 is 30.9 Å². The molecule has 25 nitrogen and oxygen atoms in total. The summed E-state index contributed by atoms with van der Waals surface area (Å²) in [4.78, 5) is 43.8. The molecule has 0 saturated heterocycles. The Bertz CT molecular complexity index is 5240. The molecular formula is C86H98F17N19O6. The number of aliphatic hydroxyl groups excluding tert-OH is 3. The maximum Gasteiger partial charge on any atom is 0.422 e. The average molecular weight is 1820 g/mol. The standard InChI is InChI=1S/C25H28F3N5O2.C21H25F3N6O2.C20H22F6N4O.C20H23F5N4O/c1-16-5-7-19(8-6-16)35-22-17(4-3-13-29-22)14-30-23-31-15-20(25(26,27)28)21(33-23)32-18-9-11-24(2,34)12-10-18;1-20(2)8-15(5-6-16(20)31)29-17-14(9-25)11-28-19(30-17)27-10-13-4-3-7-26-18(13)32-12-21(22,23)24;1-18(2)12(10-31)7-15(18)29-16-14(20(24,25)26)9-28-17(30-16)27-8-11-5-3-4-6-13(11)19(21,22)23;1-18(2)14(8-15(18)30)28-17-13(20(23,24)25)10-27-16(29-17)5-4-11-9-26-7-6-12(11)19(3,21)22/h3-8,13,15,18,34H,9-12,14H2,1-2H3,(H2,30,31,32,33);3-4,7,11,15-16,31H,5-6,8,10,12H2,1-2H3,(H2,27,28,29,30);3-6,9,12,15,31H,7-8,10H2,1-2H3,(H2,27,28,29,30);6-7,9-10,14-15,30H,4-5,8H2,1-3H3,(H,27,28,29)/t;15-,16+;12-,15-;14-,15-/m.111/s1. The van der Waals surface area contributed by atoms with Gasteiger partial charge in [-0.3, -0.25) is 4.98 Å². The second-order valence-corrected chi connectivity index (χ2v) is 33.9. The minimum atomic E-state index is -4.71. The van der Waals surface area contributed by atoms with E-state index in [1.807, 2.05) is 58.9 Å². The number of hydrogen-bond donors (Lipinski definition) is 11. The summed E-state index contributed by atoms with van der Waals surface area (Å²) >= 11 is 0. The number of nitrogens with zero attached hydrogens (tertiary/aromatic N) is 12. The van der Waals surface area contributed by atoms with Gasteiger partial charge in [0.25, 0.3) is 5.92 Å². The second-order valence-electron chi connectivity index (χ2n) is 33.9. The molecule has 11 N–H and O–H groups in total. The third kappa shape index (κ3) is 26.8. The molecule has 0 aliphatic heterocycles. The van der Waals surface area contributed by atoms with Gasteiger partial charge in [0.1, 0.15) is 63.2 Å². The average Bonchev–Trinajstić information content (AvgIpc) is 0.764. The Balaban J connectivity index is 0.000000178. The minimum Gasteiger partial charge on any atom is -0.468 e. The SMILES string of the molecule is CC(F)(F)c1ccncc1CCc1ncc(C(F)(F)F)c(N[C@@H]2C[C@@H](O)C2(C)C)n1.CC1(C)C[C@H](Nc2nc(NCc3cccnc3OCC(F)(F)F)ncc2C#N)CC[C@@H]1O.CC1(C)[C@@H](CO)C[C@H]1Nc1nc(NCc2ccccc2C(F)(F)F)ncc1C(F)(F)F.Cc1ccc(Oc2ncccc2CNc2ncc(C(F)(F)F)c(NC3CCC(C)(O)CC3)n2)cc1. The van der Waals surface area contributed by atoms with Crippen LogP contribution in [-0.2, 0) is 63.1 Å². The van der Waals surface area contributed by atoms with Crippen molar-refractivity contribution in [1.29, 1.82) is 5.26 Å². The number of ether oxygens (including phenoxy) is 2. The number of pyridine rings is 3. The number of aryl methyl sites for hydroxylation is 3.